The zero-order valence-corrected chi connectivity index (χ0v) is 11.2. The van der Waals surface area contributed by atoms with Gasteiger partial charge in [-0.3, -0.25) is 4.79 Å². The number of carboxylic acids is 1. The van der Waals surface area contributed by atoms with Crippen molar-refractivity contribution >= 4 is 33.5 Å². The van der Waals surface area contributed by atoms with Crippen LogP contribution >= 0.6 is 15.9 Å². The average molecular weight is 313 g/mol. The van der Waals surface area contributed by atoms with Gasteiger partial charge in [-0.1, -0.05) is 15.9 Å². The summed E-state index contributed by atoms with van der Waals surface area (Å²) >= 11 is 3.29. The number of carboxylic acid groups (broad SMARTS) is 1. The minimum Gasteiger partial charge on any atom is -0.478 e. The Kier molecular flexibility index (Phi) is 3.68. The van der Waals surface area contributed by atoms with Gasteiger partial charge in [-0.25, -0.2) is 4.79 Å². The molecule has 0 spiro atoms. The normalized spacial score (nSPS) is 19.3. The summed E-state index contributed by atoms with van der Waals surface area (Å²) < 4.78 is 0.742. The third-order valence-corrected chi connectivity index (χ3v) is 3.51. The van der Waals surface area contributed by atoms with E-state index in [9.17, 15) is 9.59 Å². The molecule has 1 aromatic rings. The van der Waals surface area contributed by atoms with Crippen molar-refractivity contribution in [1.29, 1.82) is 0 Å². The molecule has 0 saturated carbocycles. The van der Waals surface area contributed by atoms with E-state index in [2.05, 4.69) is 15.9 Å². The molecular weight excluding hydrogens is 300 g/mol. The highest BCUT2D eigenvalue weighted by molar-refractivity contribution is 9.10. The number of anilines is 1. The van der Waals surface area contributed by atoms with Gasteiger partial charge in [0.05, 0.1) is 11.3 Å². The molecule has 1 aliphatic rings. The molecule has 1 saturated heterocycles. The lowest BCUT2D eigenvalue weighted by Gasteiger charge is -2.19. The van der Waals surface area contributed by atoms with E-state index in [1.54, 1.807) is 12.1 Å². The summed E-state index contributed by atoms with van der Waals surface area (Å²) in [5.74, 6) is -1.02. The van der Waals surface area contributed by atoms with Crippen molar-refractivity contribution in [3.05, 3.63) is 28.2 Å². The summed E-state index contributed by atoms with van der Waals surface area (Å²) in [5, 5.41) is 9.15. The van der Waals surface area contributed by atoms with Crippen molar-refractivity contribution in [1.82, 2.24) is 0 Å². The van der Waals surface area contributed by atoms with E-state index in [0.29, 0.717) is 25.2 Å². The molecule has 5 nitrogen and oxygen atoms in total. The van der Waals surface area contributed by atoms with E-state index in [1.165, 1.54) is 11.0 Å². The van der Waals surface area contributed by atoms with Crippen LogP contribution in [0, 0.1) is 5.92 Å². The topological polar surface area (TPSA) is 83.6 Å². The first-order valence-electron chi connectivity index (χ1n) is 5.56. The van der Waals surface area contributed by atoms with Gasteiger partial charge in [0.2, 0.25) is 5.91 Å². The number of carbonyl (C=O) groups excluding carboxylic acids is 1. The number of aromatic carboxylic acids is 1. The number of carbonyl (C=O) groups is 2. The number of amides is 1. The molecule has 96 valence electrons. The predicted octanol–water partition coefficient (Wildman–Crippen LogP) is 1.46. The molecule has 1 heterocycles. The van der Waals surface area contributed by atoms with Crippen LogP contribution < -0.4 is 10.6 Å². The average Bonchev–Trinajstić information content (AvgIpc) is 2.70. The first-order valence-corrected chi connectivity index (χ1v) is 6.35. The van der Waals surface area contributed by atoms with Crippen LogP contribution in [-0.2, 0) is 4.79 Å². The highest BCUT2D eigenvalue weighted by Gasteiger charge is 2.31. The molecule has 0 radical (unpaired) electrons. The maximum absolute atomic E-state index is 11.9. The summed E-state index contributed by atoms with van der Waals surface area (Å²) in [6, 6.07) is 4.79. The molecule has 6 heteroatoms. The molecule has 3 N–H and O–H groups in total. The van der Waals surface area contributed by atoms with Crippen molar-refractivity contribution in [2.24, 2.45) is 11.7 Å². The van der Waals surface area contributed by atoms with E-state index in [0.717, 1.165) is 4.47 Å². The molecule has 0 aromatic heterocycles. The smallest absolute Gasteiger partial charge is 0.337 e. The van der Waals surface area contributed by atoms with Crippen LogP contribution in [0.1, 0.15) is 16.8 Å². The fourth-order valence-electron chi connectivity index (χ4n) is 2.08. The quantitative estimate of drug-likeness (QED) is 0.885. The third kappa shape index (κ3) is 2.39. The first kappa shape index (κ1) is 13.0. The summed E-state index contributed by atoms with van der Waals surface area (Å²) in [5.41, 5.74) is 6.12. The lowest BCUT2D eigenvalue weighted by molar-refractivity contribution is -0.117. The summed E-state index contributed by atoms with van der Waals surface area (Å²) in [4.78, 5) is 24.6. The maximum Gasteiger partial charge on any atom is 0.337 e. The van der Waals surface area contributed by atoms with Crippen LogP contribution in [-0.4, -0.2) is 30.1 Å². The molecule has 0 bridgehead atoms. The van der Waals surface area contributed by atoms with E-state index in [4.69, 9.17) is 10.8 Å². The van der Waals surface area contributed by atoms with Crippen molar-refractivity contribution in [3.63, 3.8) is 0 Å². The number of rotatable bonds is 3. The maximum atomic E-state index is 11.9. The Balaban J connectivity index is 2.41. The molecule has 1 aliphatic heterocycles. The molecule has 1 aromatic carbocycles. The summed E-state index contributed by atoms with van der Waals surface area (Å²) in [6.45, 7) is 0.907. The molecule has 1 unspecified atom stereocenters. The first-order chi connectivity index (χ1) is 8.52. The highest BCUT2D eigenvalue weighted by Crippen LogP contribution is 2.30. The van der Waals surface area contributed by atoms with Crippen LogP contribution in [0.5, 0.6) is 0 Å². The summed E-state index contributed by atoms with van der Waals surface area (Å²) in [6.07, 6.45) is 0.377. The predicted molar refractivity (Wildman–Crippen MR) is 70.6 cm³/mol. The van der Waals surface area contributed by atoms with Crippen molar-refractivity contribution < 1.29 is 14.7 Å². The minimum atomic E-state index is -1.04. The van der Waals surface area contributed by atoms with E-state index < -0.39 is 5.97 Å². The van der Waals surface area contributed by atoms with Crippen LogP contribution in [0.25, 0.3) is 0 Å². The van der Waals surface area contributed by atoms with Gasteiger partial charge in [-0.2, -0.15) is 0 Å². The SMILES string of the molecule is NCC1CC(=O)N(c2cc(Br)ccc2C(=O)O)C1. The van der Waals surface area contributed by atoms with E-state index >= 15 is 0 Å². The Morgan fingerprint density at radius 2 is 2.28 bits per heavy atom. The number of hydrogen-bond donors (Lipinski definition) is 2. The standard InChI is InChI=1S/C12H13BrN2O3/c13-8-1-2-9(12(17)18)10(4-8)15-6-7(5-14)3-11(15)16/h1-2,4,7H,3,5-6,14H2,(H,17,18). The Morgan fingerprint density at radius 1 is 1.56 bits per heavy atom. The minimum absolute atomic E-state index is 0.0777. The van der Waals surface area contributed by atoms with Gasteiger partial charge in [-0.05, 0) is 30.7 Å². The Labute approximate surface area is 113 Å². The second-order valence-corrected chi connectivity index (χ2v) is 5.19. The zero-order valence-electron chi connectivity index (χ0n) is 9.60. The van der Waals surface area contributed by atoms with Gasteiger partial charge >= 0.3 is 5.97 Å². The second kappa shape index (κ2) is 5.07. The molecule has 1 amide bonds. The van der Waals surface area contributed by atoms with Gasteiger partial charge in [-0.15, -0.1) is 0 Å². The fraction of sp³-hybridized carbons (Fsp3) is 0.333. The molecule has 1 atom stereocenters. The molecule has 2 rings (SSSR count). The van der Waals surface area contributed by atoms with Crippen LogP contribution in [0.3, 0.4) is 0 Å². The third-order valence-electron chi connectivity index (χ3n) is 3.02. The molecule has 18 heavy (non-hydrogen) atoms. The number of nitrogens with zero attached hydrogens (tertiary/aromatic N) is 1. The van der Waals surface area contributed by atoms with Crippen molar-refractivity contribution in [2.45, 2.75) is 6.42 Å². The van der Waals surface area contributed by atoms with Crippen molar-refractivity contribution in [2.75, 3.05) is 18.0 Å². The largest absolute Gasteiger partial charge is 0.478 e. The number of nitrogens with two attached hydrogens (primary N) is 1. The van der Waals surface area contributed by atoms with E-state index in [-0.39, 0.29) is 17.4 Å². The fourth-order valence-corrected chi connectivity index (χ4v) is 2.43. The van der Waals surface area contributed by atoms with Crippen molar-refractivity contribution in [3.8, 4) is 0 Å². The molecule has 0 aliphatic carbocycles. The van der Waals surface area contributed by atoms with Crippen LogP contribution in [0.4, 0.5) is 5.69 Å². The molecular formula is C12H13BrN2O3. The highest BCUT2D eigenvalue weighted by atomic mass is 79.9. The number of hydrogen-bond acceptors (Lipinski definition) is 3. The van der Waals surface area contributed by atoms with Gasteiger partial charge in [0.15, 0.2) is 0 Å². The van der Waals surface area contributed by atoms with Gasteiger partial charge in [0.25, 0.3) is 0 Å². The zero-order chi connectivity index (χ0) is 13.3. The van der Waals surface area contributed by atoms with E-state index in [1.807, 2.05) is 0 Å². The van der Waals surface area contributed by atoms with Crippen LogP contribution in [0.15, 0.2) is 22.7 Å². The monoisotopic (exact) mass is 312 g/mol. The second-order valence-electron chi connectivity index (χ2n) is 4.28. The number of benzene rings is 1. The lowest BCUT2D eigenvalue weighted by atomic mass is 10.1. The summed E-state index contributed by atoms with van der Waals surface area (Å²) in [7, 11) is 0. The Hall–Kier alpha value is -1.40. The molecule has 1 fully saturated rings. The van der Waals surface area contributed by atoms with Gasteiger partial charge < -0.3 is 15.7 Å². The Morgan fingerprint density at radius 3 is 2.83 bits per heavy atom. The van der Waals surface area contributed by atoms with Crippen LogP contribution in [0.2, 0.25) is 0 Å². The van der Waals surface area contributed by atoms with Gasteiger partial charge in [0, 0.05) is 17.4 Å². The Bertz CT molecular complexity index is 504. The number of halogens is 1. The lowest BCUT2D eigenvalue weighted by Crippen LogP contribution is -2.27. The van der Waals surface area contributed by atoms with Gasteiger partial charge in [0.1, 0.15) is 0 Å².